The second-order valence-electron chi connectivity index (χ2n) is 6.35. The number of fused-ring (bicyclic) bond motifs is 2. The Kier molecular flexibility index (Phi) is 5.27. The van der Waals surface area contributed by atoms with Crippen LogP contribution in [0.1, 0.15) is 23.4 Å². The average Bonchev–Trinajstić information content (AvgIpc) is 2.70. The van der Waals surface area contributed by atoms with Crippen LogP contribution in [0.25, 0.3) is 10.9 Å². The van der Waals surface area contributed by atoms with Gasteiger partial charge in [0.25, 0.3) is 5.56 Å². The second-order valence-corrected chi connectivity index (χ2v) is 6.79. The Morgan fingerprint density at radius 1 is 1.29 bits per heavy atom. The van der Waals surface area contributed by atoms with Crippen molar-refractivity contribution in [3.8, 4) is 5.75 Å². The number of aromatic nitrogens is 2. The summed E-state index contributed by atoms with van der Waals surface area (Å²) in [5.74, 6) is 0.682. The number of carbonyl (C=O) groups excluding carboxylic acids is 1. The highest BCUT2D eigenvalue weighted by molar-refractivity contribution is 6.30. The molecule has 1 N–H and O–H groups in total. The molecule has 3 aromatic rings. The van der Waals surface area contributed by atoms with E-state index in [1.807, 2.05) is 6.07 Å². The van der Waals surface area contributed by atoms with Crippen molar-refractivity contribution in [2.24, 2.45) is 0 Å². The molecule has 0 saturated carbocycles. The molecule has 1 aromatic heterocycles. The van der Waals surface area contributed by atoms with Gasteiger partial charge in [0.15, 0.2) is 6.79 Å². The molecule has 1 aliphatic heterocycles. The standard InChI is InChI=1S/C20H17ClN2O5/c21-14-7-12-9-26-11-28-19(12)13(8-14)10-27-18(24)6-5-17-22-16-4-2-1-3-15(16)20(25)23-17/h1-4,7-8H,5-6,9-11H2,(H,22,23,25). The first-order valence-electron chi connectivity index (χ1n) is 8.75. The predicted octanol–water partition coefficient (Wildman–Crippen LogP) is 3.12. The predicted molar refractivity (Wildman–Crippen MR) is 102 cm³/mol. The molecule has 0 aliphatic carbocycles. The summed E-state index contributed by atoms with van der Waals surface area (Å²) in [6.45, 7) is 0.595. The first-order chi connectivity index (χ1) is 13.6. The van der Waals surface area contributed by atoms with Crippen molar-refractivity contribution in [1.29, 1.82) is 0 Å². The van der Waals surface area contributed by atoms with Crippen LogP contribution in [0, 0.1) is 0 Å². The minimum Gasteiger partial charge on any atom is -0.467 e. The van der Waals surface area contributed by atoms with Crippen molar-refractivity contribution in [3.05, 3.63) is 68.7 Å². The van der Waals surface area contributed by atoms with Crippen LogP contribution in [-0.4, -0.2) is 22.7 Å². The summed E-state index contributed by atoms with van der Waals surface area (Å²) in [6, 6.07) is 10.5. The highest BCUT2D eigenvalue weighted by Gasteiger charge is 2.17. The number of nitrogens with zero attached hydrogens (tertiary/aromatic N) is 1. The molecule has 7 nitrogen and oxygen atoms in total. The Labute approximate surface area is 165 Å². The number of para-hydroxylation sites is 1. The molecule has 0 fully saturated rings. The SMILES string of the molecule is O=C(CCc1nc2ccccc2c(=O)[nH]1)OCc1cc(Cl)cc2c1OCOC2. The zero-order valence-corrected chi connectivity index (χ0v) is 15.6. The van der Waals surface area contributed by atoms with E-state index in [0.29, 0.717) is 39.7 Å². The minimum atomic E-state index is -0.406. The fraction of sp³-hybridized carbons (Fsp3) is 0.250. The van der Waals surface area contributed by atoms with E-state index in [2.05, 4.69) is 9.97 Å². The van der Waals surface area contributed by atoms with Crippen LogP contribution in [-0.2, 0) is 33.9 Å². The lowest BCUT2D eigenvalue weighted by Crippen LogP contribution is -2.15. The lowest BCUT2D eigenvalue weighted by Gasteiger charge is -2.21. The summed E-state index contributed by atoms with van der Waals surface area (Å²) in [7, 11) is 0. The van der Waals surface area contributed by atoms with E-state index < -0.39 is 5.97 Å². The molecule has 0 atom stereocenters. The molecule has 1 aliphatic rings. The van der Waals surface area contributed by atoms with Crippen molar-refractivity contribution in [1.82, 2.24) is 9.97 Å². The number of esters is 1. The Balaban J connectivity index is 1.39. The number of hydrogen-bond donors (Lipinski definition) is 1. The Morgan fingerprint density at radius 2 is 2.14 bits per heavy atom. The summed E-state index contributed by atoms with van der Waals surface area (Å²) in [5.41, 5.74) is 1.89. The van der Waals surface area contributed by atoms with Gasteiger partial charge < -0.3 is 19.2 Å². The van der Waals surface area contributed by atoms with Crippen LogP contribution in [0.3, 0.4) is 0 Å². The van der Waals surface area contributed by atoms with Gasteiger partial charge in [0.05, 0.1) is 23.9 Å². The van der Waals surface area contributed by atoms with Gasteiger partial charge in [0, 0.05) is 22.6 Å². The number of aromatic amines is 1. The molecule has 28 heavy (non-hydrogen) atoms. The third-order valence-electron chi connectivity index (χ3n) is 4.37. The molecule has 8 heteroatoms. The van der Waals surface area contributed by atoms with Crippen LogP contribution < -0.4 is 10.3 Å². The van der Waals surface area contributed by atoms with Gasteiger partial charge in [-0.15, -0.1) is 0 Å². The molecule has 0 bridgehead atoms. The van der Waals surface area contributed by atoms with Gasteiger partial charge in [-0.1, -0.05) is 23.7 Å². The largest absolute Gasteiger partial charge is 0.467 e. The summed E-state index contributed by atoms with van der Waals surface area (Å²) in [5, 5.41) is 1.04. The molecule has 0 spiro atoms. The van der Waals surface area contributed by atoms with Crippen LogP contribution in [0.5, 0.6) is 5.75 Å². The van der Waals surface area contributed by atoms with E-state index in [0.717, 1.165) is 5.56 Å². The molecule has 0 unspecified atom stereocenters. The zero-order chi connectivity index (χ0) is 19.5. The molecule has 144 valence electrons. The quantitative estimate of drug-likeness (QED) is 0.662. The maximum absolute atomic E-state index is 12.2. The van der Waals surface area contributed by atoms with Gasteiger partial charge in [-0.2, -0.15) is 0 Å². The first kappa shape index (κ1) is 18.5. The molecule has 0 saturated heterocycles. The summed E-state index contributed by atoms with van der Waals surface area (Å²) in [4.78, 5) is 31.3. The number of benzene rings is 2. The maximum atomic E-state index is 12.2. The summed E-state index contributed by atoms with van der Waals surface area (Å²) < 4.78 is 16.1. The molecule has 2 aromatic carbocycles. The molecule has 0 amide bonds. The molecule has 2 heterocycles. The topological polar surface area (TPSA) is 90.5 Å². The van der Waals surface area contributed by atoms with Crippen molar-refractivity contribution in [2.75, 3.05) is 6.79 Å². The van der Waals surface area contributed by atoms with Gasteiger partial charge in [0.2, 0.25) is 0 Å². The van der Waals surface area contributed by atoms with Crippen LogP contribution in [0.4, 0.5) is 0 Å². The maximum Gasteiger partial charge on any atom is 0.306 e. The first-order valence-corrected chi connectivity index (χ1v) is 9.13. The number of nitrogens with one attached hydrogen (secondary N) is 1. The molecular formula is C20H17ClN2O5. The summed E-state index contributed by atoms with van der Waals surface area (Å²) >= 11 is 6.11. The number of carbonyl (C=O) groups is 1. The van der Waals surface area contributed by atoms with Crippen LogP contribution in [0.15, 0.2) is 41.2 Å². The van der Waals surface area contributed by atoms with E-state index in [1.54, 1.807) is 30.3 Å². The van der Waals surface area contributed by atoms with E-state index in [1.165, 1.54) is 0 Å². The van der Waals surface area contributed by atoms with Gasteiger partial charge in [-0.3, -0.25) is 9.59 Å². The van der Waals surface area contributed by atoms with E-state index in [4.69, 9.17) is 25.8 Å². The smallest absolute Gasteiger partial charge is 0.306 e. The molecular weight excluding hydrogens is 384 g/mol. The van der Waals surface area contributed by atoms with E-state index in [-0.39, 0.29) is 31.8 Å². The van der Waals surface area contributed by atoms with Gasteiger partial charge in [-0.25, -0.2) is 4.98 Å². The number of ether oxygens (including phenoxy) is 3. The number of halogens is 1. The molecule has 0 radical (unpaired) electrons. The lowest BCUT2D eigenvalue weighted by atomic mass is 10.1. The van der Waals surface area contributed by atoms with E-state index in [9.17, 15) is 9.59 Å². The fourth-order valence-electron chi connectivity index (χ4n) is 3.07. The van der Waals surface area contributed by atoms with Gasteiger partial charge >= 0.3 is 5.97 Å². The normalized spacial score (nSPS) is 13.0. The number of hydrogen-bond acceptors (Lipinski definition) is 6. The number of rotatable bonds is 5. The fourth-order valence-corrected chi connectivity index (χ4v) is 3.33. The Bertz CT molecular complexity index is 1100. The third kappa shape index (κ3) is 4.00. The highest BCUT2D eigenvalue weighted by atomic mass is 35.5. The van der Waals surface area contributed by atoms with Crippen molar-refractivity contribution in [2.45, 2.75) is 26.1 Å². The molecule has 4 rings (SSSR count). The van der Waals surface area contributed by atoms with Gasteiger partial charge in [0.1, 0.15) is 18.2 Å². The van der Waals surface area contributed by atoms with Crippen molar-refractivity contribution in [3.63, 3.8) is 0 Å². The summed E-state index contributed by atoms with van der Waals surface area (Å²) in [6.07, 6.45) is 0.366. The van der Waals surface area contributed by atoms with Crippen molar-refractivity contribution >= 4 is 28.5 Å². The minimum absolute atomic E-state index is 0.0450. The Morgan fingerprint density at radius 3 is 3.04 bits per heavy atom. The second kappa shape index (κ2) is 8.00. The van der Waals surface area contributed by atoms with Crippen LogP contribution in [0.2, 0.25) is 5.02 Å². The van der Waals surface area contributed by atoms with E-state index >= 15 is 0 Å². The number of H-pyrrole nitrogens is 1. The third-order valence-corrected chi connectivity index (χ3v) is 4.59. The number of aryl methyl sites for hydroxylation is 1. The van der Waals surface area contributed by atoms with Crippen LogP contribution >= 0.6 is 11.6 Å². The Hall–Kier alpha value is -2.90. The highest BCUT2D eigenvalue weighted by Crippen LogP contribution is 2.32. The lowest BCUT2D eigenvalue weighted by molar-refractivity contribution is -0.145. The van der Waals surface area contributed by atoms with Crippen molar-refractivity contribution < 1.29 is 19.0 Å². The van der Waals surface area contributed by atoms with Gasteiger partial charge in [-0.05, 0) is 24.3 Å². The monoisotopic (exact) mass is 400 g/mol. The average molecular weight is 401 g/mol. The zero-order valence-electron chi connectivity index (χ0n) is 14.9.